The van der Waals surface area contributed by atoms with Crippen LogP contribution in [0.2, 0.25) is 5.02 Å². The van der Waals surface area contributed by atoms with Crippen molar-refractivity contribution in [1.29, 1.82) is 0 Å². The molecule has 0 atom stereocenters. The lowest BCUT2D eigenvalue weighted by Gasteiger charge is -2.18. The molecule has 0 saturated heterocycles. The van der Waals surface area contributed by atoms with Crippen molar-refractivity contribution in [3.8, 4) is 0 Å². The van der Waals surface area contributed by atoms with Gasteiger partial charge in [-0.15, -0.1) is 11.3 Å². The fourth-order valence-corrected chi connectivity index (χ4v) is 5.59. The van der Waals surface area contributed by atoms with E-state index in [4.69, 9.17) is 16.7 Å². The van der Waals surface area contributed by atoms with Gasteiger partial charge in [0.15, 0.2) is 0 Å². The monoisotopic (exact) mass is 387 g/mol. The Hall–Kier alpha value is -0.150. The van der Waals surface area contributed by atoms with E-state index in [1.807, 2.05) is 0 Å². The lowest BCUT2D eigenvalue weighted by Crippen LogP contribution is -2.36. The molecule has 106 valence electrons. The molecule has 1 aliphatic rings. The molecule has 0 aliphatic heterocycles. The Kier molecular flexibility index (Phi) is 4.56. The van der Waals surface area contributed by atoms with Crippen LogP contribution >= 0.6 is 38.9 Å². The highest BCUT2D eigenvalue weighted by Crippen LogP contribution is 2.37. The third kappa shape index (κ3) is 3.69. The summed E-state index contributed by atoms with van der Waals surface area (Å²) in [5.74, 6) is -0.890. The highest BCUT2D eigenvalue weighted by Gasteiger charge is 2.34. The van der Waals surface area contributed by atoms with E-state index in [0.29, 0.717) is 8.81 Å². The van der Waals surface area contributed by atoms with Crippen LogP contribution in [-0.4, -0.2) is 36.9 Å². The molecule has 19 heavy (non-hydrogen) atoms. The Labute approximate surface area is 128 Å². The number of carbonyl (C=O) groups is 1. The smallest absolute Gasteiger partial charge is 0.318 e. The van der Waals surface area contributed by atoms with Crippen molar-refractivity contribution < 1.29 is 18.3 Å². The summed E-state index contributed by atoms with van der Waals surface area (Å²) in [6.07, 6.45) is 1.89. The molecule has 1 aliphatic carbocycles. The number of halogens is 2. The second-order valence-electron chi connectivity index (χ2n) is 4.32. The van der Waals surface area contributed by atoms with Crippen molar-refractivity contribution in [2.45, 2.75) is 17.1 Å². The zero-order chi connectivity index (χ0) is 14.2. The van der Waals surface area contributed by atoms with Crippen LogP contribution in [0.5, 0.6) is 0 Å². The second kappa shape index (κ2) is 5.69. The first-order valence-corrected chi connectivity index (χ1v) is 8.90. The zero-order valence-electron chi connectivity index (χ0n) is 9.67. The van der Waals surface area contributed by atoms with Crippen molar-refractivity contribution in [2.75, 3.05) is 13.1 Å². The minimum Gasteiger partial charge on any atom is -0.480 e. The van der Waals surface area contributed by atoms with Gasteiger partial charge in [-0.25, -0.2) is 8.42 Å². The minimum atomic E-state index is -3.80. The maximum absolute atomic E-state index is 12.4. The predicted octanol–water partition coefficient (Wildman–Crippen LogP) is 2.65. The maximum Gasteiger partial charge on any atom is 0.318 e. The van der Waals surface area contributed by atoms with E-state index in [1.54, 1.807) is 0 Å². The summed E-state index contributed by atoms with van der Waals surface area (Å²) < 4.78 is 26.4. The Bertz CT molecular complexity index is 577. The number of carboxylic acid groups (broad SMARTS) is 1. The molecule has 2 rings (SSSR count). The summed E-state index contributed by atoms with van der Waals surface area (Å²) in [5, 5.41) is 9.16. The normalized spacial score (nSPS) is 15.9. The molecule has 0 spiro atoms. The highest BCUT2D eigenvalue weighted by atomic mass is 79.9. The molecule has 1 aromatic heterocycles. The molecule has 5 nitrogen and oxygen atoms in total. The first-order valence-electron chi connectivity index (χ1n) is 5.47. The van der Waals surface area contributed by atoms with Gasteiger partial charge < -0.3 is 5.11 Å². The predicted molar refractivity (Wildman–Crippen MR) is 76.1 cm³/mol. The Morgan fingerprint density at radius 2 is 2.21 bits per heavy atom. The van der Waals surface area contributed by atoms with E-state index in [1.165, 1.54) is 6.07 Å². The number of thiophene rings is 1. The Balaban J connectivity index is 2.29. The summed E-state index contributed by atoms with van der Waals surface area (Å²) in [6, 6.07) is 1.34. The summed E-state index contributed by atoms with van der Waals surface area (Å²) in [7, 11) is -3.80. The lowest BCUT2D eigenvalue weighted by atomic mass is 10.4. The Morgan fingerprint density at radius 3 is 2.63 bits per heavy atom. The van der Waals surface area contributed by atoms with Crippen molar-refractivity contribution >= 4 is 54.9 Å². The van der Waals surface area contributed by atoms with Crippen molar-refractivity contribution in [2.24, 2.45) is 5.92 Å². The molecule has 0 amide bonds. The van der Waals surface area contributed by atoms with E-state index < -0.39 is 22.5 Å². The van der Waals surface area contributed by atoms with Crippen LogP contribution in [0.4, 0.5) is 0 Å². The average Bonchev–Trinajstić information content (AvgIpc) is 3.04. The number of rotatable bonds is 6. The minimum absolute atomic E-state index is 0.0614. The number of sulfonamides is 1. The van der Waals surface area contributed by atoms with Gasteiger partial charge in [0.2, 0.25) is 0 Å². The average molecular weight is 389 g/mol. The molecule has 0 radical (unpaired) electrons. The van der Waals surface area contributed by atoms with Gasteiger partial charge in [-0.05, 0) is 40.8 Å². The third-order valence-corrected chi connectivity index (χ3v) is 7.42. The number of aliphatic carboxylic acids is 1. The van der Waals surface area contributed by atoms with Crippen LogP contribution in [0.1, 0.15) is 12.8 Å². The van der Waals surface area contributed by atoms with Crippen LogP contribution in [-0.2, 0) is 14.8 Å². The van der Waals surface area contributed by atoms with Gasteiger partial charge in [0, 0.05) is 6.54 Å². The van der Waals surface area contributed by atoms with Crippen LogP contribution < -0.4 is 0 Å². The fraction of sp³-hybridized carbons (Fsp3) is 0.500. The summed E-state index contributed by atoms with van der Waals surface area (Å²) in [5.41, 5.74) is 0. The van der Waals surface area contributed by atoms with E-state index in [2.05, 4.69) is 15.9 Å². The third-order valence-electron chi connectivity index (χ3n) is 2.69. The van der Waals surface area contributed by atoms with E-state index in [-0.39, 0.29) is 16.7 Å². The summed E-state index contributed by atoms with van der Waals surface area (Å²) >= 11 is 9.97. The van der Waals surface area contributed by atoms with Crippen LogP contribution in [0.3, 0.4) is 0 Å². The van der Waals surface area contributed by atoms with Gasteiger partial charge in [0.25, 0.3) is 10.0 Å². The lowest BCUT2D eigenvalue weighted by molar-refractivity contribution is -0.137. The van der Waals surface area contributed by atoms with Gasteiger partial charge >= 0.3 is 5.97 Å². The fourth-order valence-electron chi connectivity index (χ4n) is 1.57. The van der Waals surface area contributed by atoms with Crippen molar-refractivity contribution in [3.05, 3.63) is 14.9 Å². The molecule has 1 saturated carbocycles. The molecule has 1 heterocycles. The quantitative estimate of drug-likeness (QED) is 0.813. The van der Waals surface area contributed by atoms with Crippen molar-refractivity contribution in [1.82, 2.24) is 4.31 Å². The van der Waals surface area contributed by atoms with Crippen LogP contribution in [0.15, 0.2) is 14.1 Å². The zero-order valence-corrected chi connectivity index (χ0v) is 13.6. The topological polar surface area (TPSA) is 74.7 Å². The summed E-state index contributed by atoms with van der Waals surface area (Å²) in [4.78, 5) is 10.8. The van der Waals surface area contributed by atoms with Gasteiger partial charge in [-0.1, -0.05) is 11.6 Å². The number of hydrogen-bond acceptors (Lipinski definition) is 4. The Morgan fingerprint density at radius 1 is 1.58 bits per heavy atom. The van der Waals surface area contributed by atoms with Crippen molar-refractivity contribution in [3.63, 3.8) is 0 Å². The van der Waals surface area contributed by atoms with Crippen LogP contribution in [0.25, 0.3) is 0 Å². The largest absolute Gasteiger partial charge is 0.480 e. The van der Waals surface area contributed by atoms with E-state index >= 15 is 0 Å². The van der Waals surface area contributed by atoms with Crippen LogP contribution in [0, 0.1) is 5.92 Å². The standard InChI is InChI=1S/C10H11BrClNO4S2/c11-10-7(12)3-9(18-10)19(16,17)13(5-8(14)15)4-6-1-2-6/h3,6H,1-2,4-5H2,(H,14,15). The van der Waals surface area contributed by atoms with E-state index in [0.717, 1.165) is 28.5 Å². The SMILES string of the molecule is O=C(O)CN(CC1CC1)S(=O)(=O)c1cc(Cl)c(Br)s1. The molecular weight excluding hydrogens is 378 g/mol. The molecule has 0 unspecified atom stereocenters. The summed E-state index contributed by atoms with van der Waals surface area (Å²) in [6.45, 7) is -0.270. The van der Waals surface area contributed by atoms with Gasteiger partial charge in [0.1, 0.15) is 10.8 Å². The second-order valence-corrected chi connectivity index (χ2v) is 9.26. The number of hydrogen-bond donors (Lipinski definition) is 1. The molecule has 1 fully saturated rings. The number of nitrogens with zero attached hydrogens (tertiary/aromatic N) is 1. The number of carboxylic acids is 1. The molecule has 9 heteroatoms. The van der Waals surface area contributed by atoms with Gasteiger partial charge in [-0.2, -0.15) is 4.31 Å². The van der Waals surface area contributed by atoms with E-state index in [9.17, 15) is 13.2 Å². The molecule has 1 aromatic rings. The first kappa shape index (κ1) is 15.2. The molecular formula is C10H11BrClNO4S2. The molecule has 0 aromatic carbocycles. The molecule has 1 N–H and O–H groups in total. The van der Waals surface area contributed by atoms with Gasteiger partial charge in [-0.3, -0.25) is 4.79 Å². The highest BCUT2D eigenvalue weighted by molar-refractivity contribution is 9.11. The molecule has 0 bridgehead atoms. The maximum atomic E-state index is 12.4. The first-order chi connectivity index (χ1) is 8.80. The van der Waals surface area contributed by atoms with Gasteiger partial charge in [0.05, 0.1) is 8.81 Å².